The zero-order valence-electron chi connectivity index (χ0n) is 15.4. The first-order chi connectivity index (χ1) is 13.6. The van der Waals surface area contributed by atoms with Crippen molar-refractivity contribution in [3.05, 3.63) is 68.5 Å². The fourth-order valence-electron chi connectivity index (χ4n) is 2.49. The van der Waals surface area contributed by atoms with Gasteiger partial charge >= 0.3 is 12.1 Å². The van der Waals surface area contributed by atoms with Crippen molar-refractivity contribution >= 4 is 27.8 Å². The van der Waals surface area contributed by atoms with E-state index in [0.717, 1.165) is 21.6 Å². The van der Waals surface area contributed by atoms with E-state index in [1.807, 2.05) is 0 Å². The summed E-state index contributed by atoms with van der Waals surface area (Å²) in [5.41, 5.74) is -0.824. The summed E-state index contributed by atoms with van der Waals surface area (Å²) in [6, 6.07) is 7.09. The van der Waals surface area contributed by atoms with Crippen LogP contribution in [0.5, 0.6) is 0 Å². The van der Waals surface area contributed by atoms with Gasteiger partial charge in [0.1, 0.15) is 13.1 Å². The first-order valence-corrected chi connectivity index (χ1v) is 9.35. The van der Waals surface area contributed by atoms with E-state index in [1.165, 1.54) is 30.5 Å². The minimum atomic E-state index is -4.47. The Labute approximate surface area is 173 Å². The molecule has 0 aliphatic rings. The molecule has 0 bridgehead atoms. The lowest BCUT2D eigenvalue weighted by Gasteiger charge is -2.22. The van der Waals surface area contributed by atoms with Gasteiger partial charge in [-0.05, 0) is 46.6 Å². The molecular weight excluding hydrogens is 457 g/mol. The van der Waals surface area contributed by atoms with Crippen LogP contribution in [0.2, 0.25) is 0 Å². The van der Waals surface area contributed by atoms with E-state index in [4.69, 9.17) is 4.74 Å². The maximum Gasteiger partial charge on any atom is 0.416 e. The minimum Gasteiger partial charge on any atom is -0.465 e. The lowest BCUT2D eigenvalue weighted by atomic mass is 10.1. The van der Waals surface area contributed by atoms with Crippen molar-refractivity contribution in [1.29, 1.82) is 0 Å². The summed E-state index contributed by atoms with van der Waals surface area (Å²) in [6.07, 6.45) is -3.04. The minimum absolute atomic E-state index is 0.113. The molecule has 156 valence electrons. The third-order valence-electron chi connectivity index (χ3n) is 3.89. The molecule has 2 rings (SSSR count). The van der Waals surface area contributed by atoms with Gasteiger partial charge in [-0.25, -0.2) is 0 Å². The Kier molecular flexibility index (Phi) is 7.60. The van der Waals surface area contributed by atoms with Gasteiger partial charge in [-0.2, -0.15) is 13.2 Å². The number of halogens is 4. The third-order valence-corrected chi connectivity index (χ3v) is 4.35. The highest BCUT2D eigenvalue weighted by Crippen LogP contribution is 2.29. The fourth-order valence-corrected chi connectivity index (χ4v) is 2.87. The maximum atomic E-state index is 12.7. The average Bonchev–Trinajstić information content (AvgIpc) is 2.64. The zero-order valence-corrected chi connectivity index (χ0v) is 17.0. The van der Waals surface area contributed by atoms with Crippen molar-refractivity contribution < 1.29 is 27.5 Å². The molecule has 1 heterocycles. The van der Waals surface area contributed by atoms with Crippen LogP contribution in [0, 0.1) is 0 Å². The van der Waals surface area contributed by atoms with Gasteiger partial charge in [0.15, 0.2) is 0 Å². The van der Waals surface area contributed by atoms with Gasteiger partial charge in [0.25, 0.3) is 5.56 Å². The van der Waals surface area contributed by atoms with Crippen molar-refractivity contribution in [2.24, 2.45) is 0 Å². The number of carbonyl (C=O) groups excluding carboxylic acids is 2. The summed E-state index contributed by atoms with van der Waals surface area (Å²) in [5.74, 6) is -1.22. The lowest BCUT2D eigenvalue weighted by molar-refractivity contribution is -0.149. The van der Waals surface area contributed by atoms with Gasteiger partial charge in [-0.1, -0.05) is 12.1 Å². The van der Waals surface area contributed by atoms with Crippen molar-refractivity contribution in [2.45, 2.75) is 26.2 Å². The van der Waals surface area contributed by atoms with Crippen LogP contribution in [0.15, 0.2) is 51.9 Å². The molecule has 2 aromatic rings. The van der Waals surface area contributed by atoms with E-state index in [1.54, 1.807) is 6.92 Å². The Bertz CT molecular complexity index is 926. The van der Waals surface area contributed by atoms with Crippen LogP contribution < -0.4 is 5.56 Å². The van der Waals surface area contributed by atoms with E-state index < -0.39 is 35.7 Å². The number of carbonyl (C=O) groups is 2. The topological polar surface area (TPSA) is 68.6 Å². The number of amides is 1. The number of hydrogen-bond donors (Lipinski definition) is 0. The molecule has 0 saturated carbocycles. The molecule has 0 atom stereocenters. The second-order valence-corrected chi connectivity index (χ2v) is 6.98. The molecule has 0 N–H and O–H groups in total. The van der Waals surface area contributed by atoms with Crippen LogP contribution in [0.4, 0.5) is 13.2 Å². The molecule has 0 unspecified atom stereocenters. The van der Waals surface area contributed by atoms with Crippen molar-refractivity contribution in [3.8, 4) is 0 Å². The summed E-state index contributed by atoms with van der Waals surface area (Å²) in [4.78, 5) is 37.6. The van der Waals surface area contributed by atoms with Crippen LogP contribution >= 0.6 is 15.9 Å². The normalized spacial score (nSPS) is 11.2. The largest absolute Gasteiger partial charge is 0.465 e. The van der Waals surface area contributed by atoms with E-state index in [-0.39, 0.29) is 19.7 Å². The predicted molar refractivity (Wildman–Crippen MR) is 102 cm³/mol. The standard InChI is InChI=1S/C19H18BrF3N2O4/c1-2-29-18(28)12-24(9-13-3-5-14(6-4-13)19(21,22)23)17(27)11-25-10-15(20)7-8-16(25)26/h3-8,10H,2,9,11-12H2,1H3. The highest BCUT2D eigenvalue weighted by Gasteiger charge is 2.30. The summed E-state index contributed by atoms with van der Waals surface area (Å²) in [6.45, 7) is 0.889. The quantitative estimate of drug-likeness (QED) is 0.577. The lowest BCUT2D eigenvalue weighted by Crippen LogP contribution is -2.39. The van der Waals surface area contributed by atoms with Crippen LogP contribution in [0.3, 0.4) is 0 Å². The molecule has 0 aliphatic carbocycles. The highest BCUT2D eigenvalue weighted by atomic mass is 79.9. The molecule has 0 aliphatic heterocycles. The van der Waals surface area contributed by atoms with Gasteiger partial charge in [-0.15, -0.1) is 0 Å². The second-order valence-electron chi connectivity index (χ2n) is 6.06. The van der Waals surface area contributed by atoms with E-state index in [0.29, 0.717) is 10.0 Å². The number of esters is 1. The molecule has 0 radical (unpaired) electrons. The molecule has 10 heteroatoms. The summed E-state index contributed by atoms with van der Waals surface area (Å²) in [5, 5.41) is 0. The third kappa shape index (κ3) is 6.74. The SMILES string of the molecule is CCOC(=O)CN(Cc1ccc(C(F)(F)F)cc1)C(=O)Cn1cc(Br)ccc1=O. The van der Waals surface area contributed by atoms with E-state index >= 15 is 0 Å². The summed E-state index contributed by atoms with van der Waals surface area (Å²) in [7, 11) is 0. The number of alkyl halides is 3. The monoisotopic (exact) mass is 474 g/mol. The van der Waals surface area contributed by atoms with Gasteiger partial charge in [0.2, 0.25) is 5.91 Å². The molecule has 0 saturated heterocycles. The molecule has 29 heavy (non-hydrogen) atoms. The predicted octanol–water partition coefficient (Wildman–Crippen LogP) is 3.22. The Balaban J connectivity index is 2.21. The fraction of sp³-hybridized carbons (Fsp3) is 0.316. The van der Waals surface area contributed by atoms with Crippen molar-refractivity contribution in [2.75, 3.05) is 13.2 Å². The Hall–Kier alpha value is -2.62. The van der Waals surface area contributed by atoms with Gasteiger partial charge in [0.05, 0.1) is 12.2 Å². The smallest absolute Gasteiger partial charge is 0.416 e. The van der Waals surface area contributed by atoms with Crippen LogP contribution in [-0.4, -0.2) is 34.5 Å². The van der Waals surface area contributed by atoms with Crippen LogP contribution in [-0.2, 0) is 33.6 Å². The number of nitrogens with zero attached hydrogens (tertiary/aromatic N) is 2. The molecule has 1 amide bonds. The Morgan fingerprint density at radius 1 is 1.14 bits per heavy atom. The number of benzene rings is 1. The molecular formula is C19H18BrF3N2O4. The first-order valence-electron chi connectivity index (χ1n) is 8.55. The van der Waals surface area contributed by atoms with E-state index in [2.05, 4.69) is 15.9 Å². The van der Waals surface area contributed by atoms with Crippen molar-refractivity contribution in [1.82, 2.24) is 9.47 Å². The number of ether oxygens (including phenoxy) is 1. The number of aromatic nitrogens is 1. The van der Waals surface area contributed by atoms with Gasteiger partial charge < -0.3 is 14.2 Å². The van der Waals surface area contributed by atoms with Gasteiger partial charge in [0, 0.05) is 23.3 Å². The molecule has 0 fully saturated rings. The van der Waals surface area contributed by atoms with Gasteiger partial charge in [-0.3, -0.25) is 14.4 Å². The summed E-state index contributed by atoms with van der Waals surface area (Å²) < 4.78 is 44.8. The first kappa shape index (κ1) is 22.7. The Morgan fingerprint density at radius 2 is 1.79 bits per heavy atom. The zero-order chi connectivity index (χ0) is 21.6. The number of pyridine rings is 1. The molecule has 0 spiro atoms. The molecule has 1 aromatic carbocycles. The number of rotatable bonds is 7. The van der Waals surface area contributed by atoms with Crippen LogP contribution in [0.1, 0.15) is 18.1 Å². The highest BCUT2D eigenvalue weighted by molar-refractivity contribution is 9.10. The van der Waals surface area contributed by atoms with E-state index in [9.17, 15) is 27.6 Å². The maximum absolute atomic E-state index is 12.7. The molecule has 1 aromatic heterocycles. The van der Waals surface area contributed by atoms with Crippen molar-refractivity contribution in [3.63, 3.8) is 0 Å². The number of hydrogen-bond acceptors (Lipinski definition) is 4. The summed E-state index contributed by atoms with van der Waals surface area (Å²) >= 11 is 3.21. The average molecular weight is 475 g/mol. The molecule has 6 nitrogen and oxygen atoms in total. The Morgan fingerprint density at radius 3 is 2.38 bits per heavy atom. The second kappa shape index (κ2) is 9.73. The van der Waals surface area contributed by atoms with Crippen LogP contribution in [0.25, 0.3) is 0 Å².